The van der Waals surface area contributed by atoms with Crippen molar-refractivity contribution in [1.82, 2.24) is 4.90 Å². The number of ether oxygens (including phenoxy) is 1. The Morgan fingerprint density at radius 2 is 2.00 bits per heavy atom. The second-order valence-corrected chi connectivity index (χ2v) is 5.56. The summed E-state index contributed by atoms with van der Waals surface area (Å²) in [6.45, 7) is 7.68. The number of likely N-dealkylation sites (tertiary alicyclic amines) is 1. The lowest BCUT2D eigenvalue weighted by Gasteiger charge is -2.32. The van der Waals surface area contributed by atoms with Gasteiger partial charge in [0.2, 0.25) is 0 Å². The molecule has 0 radical (unpaired) electrons. The Morgan fingerprint density at radius 3 is 2.50 bits per heavy atom. The van der Waals surface area contributed by atoms with Gasteiger partial charge < -0.3 is 9.84 Å². The summed E-state index contributed by atoms with van der Waals surface area (Å²) in [6, 6.07) is 0. The molecule has 1 aliphatic rings. The molecule has 1 fully saturated rings. The lowest BCUT2D eigenvalue weighted by atomic mass is 10.00. The van der Waals surface area contributed by atoms with E-state index < -0.39 is 23.2 Å². The minimum Gasteiger partial charge on any atom is -0.472 e. The molecule has 1 N–H and O–H groups in total. The first-order valence-corrected chi connectivity index (χ1v) is 5.91. The minimum absolute atomic E-state index is 0.442. The fourth-order valence-corrected chi connectivity index (χ4v) is 1.89. The molecule has 1 saturated heterocycles. The number of carbonyl (C=O) groups excluding carboxylic acids is 1. The molecule has 18 heavy (non-hydrogen) atoms. The Labute approximate surface area is 107 Å². The average molecular weight is 253 g/mol. The van der Waals surface area contributed by atoms with Gasteiger partial charge in [-0.15, -0.1) is 0 Å². The van der Waals surface area contributed by atoms with Gasteiger partial charge in [-0.05, 0) is 40.5 Å². The molecule has 0 aliphatic carbocycles. The molecular formula is C13H19NO4. The van der Waals surface area contributed by atoms with Crippen LogP contribution in [0.4, 0.5) is 4.79 Å². The van der Waals surface area contributed by atoms with Crippen molar-refractivity contribution in [3.05, 3.63) is 0 Å². The number of hydrogen-bond acceptors (Lipinski definition) is 3. The molecule has 5 heteroatoms. The molecule has 1 atom stereocenters. The van der Waals surface area contributed by atoms with Crippen LogP contribution < -0.4 is 0 Å². The highest BCUT2D eigenvalue weighted by atomic mass is 16.6. The molecule has 0 bridgehead atoms. The van der Waals surface area contributed by atoms with Gasteiger partial charge in [0, 0.05) is 12.5 Å². The maximum absolute atomic E-state index is 12.0. The Balaban J connectivity index is 2.86. The van der Waals surface area contributed by atoms with Crippen LogP contribution in [-0.4, -0.2) is 39.8 Å². The number of nitrogens with zero attached hydrogens (tertiary/aromatic N) is 1. The molecule has 0 aromatic rings. The van der Waals surface area contributed by atoms with Crippen molar-refractivity contribution >= 4 is 12.1 Å². The number of carbonyl (C=O) groups is 2. The molecule has 5 nitrogen and oxygen atoms in total. The highest BCUT2D eigenvalue weighted by molar-refractivity contribution is 5.87. The molecular weight excluding hydrogens is 234 g/mol. The zero-order valence-corrected chi connectivity index (χ0v) is 11.2. The molecule has 0 aromatic carbocycles. The van der Waals surface area contributed by atoms with E-state index >= 15 is 0 Å². The number of amides is 1. The predicted octanol–water partition coefficient (Wildman–Crippen LogP) is 1.86. The van der Waals surface area contributed by atoms with E-state index in [1.807, 2.05) is 0 Å². The van der Waals surface area contributed by atoms with Gasteiger partial charge in [0.25, 0.3) is 0 Å². The number of carboxylic acid groups (broad SMARTS) is 1. The van der Waals surface area contributed by atoms with Crippen LogP contribution in [0.1, 0.15) is 40.5 Å². The summed E-state index contributed by atoms with van der Waals surface area (Å²) in [5.74, 6) is 3.55. The largest absolute Gasteiger partial charge is 0.472 e. The normalized spacial score (nSPS) is 23.2. The molecule has 0 spiro atoms. The van der Waals surface area contributed by atoms with Crippen LogP contribution in [0.2, 0.25) is 0 Å². The van der Waals surface area contributed by atoms with Crippen molar-refractivity contribution in [2.75, 3.05) is 6.54 Å². The molecule has 0 saturated carbocycles. The van der Waals surface area contributed by atoms with Crippen molar-refractivity contribution in [3.63, 3.8) is 0 Å². The average Bonchev–Trinajstić information content (AvgIpc) is 2.55. The van der Waals surface area contributed by atoms with E-state index in [-0.39, 0.29) is 0 Å². The summed E-state index contributed by atoms with van der Waals surface area (Å²) in [4.78, 5) is 24.0. The zero-order valence-electron chi connectivity index (χ0n) is 11.2. The summed E-state index contributed by atoms with van der Waals surface area (Å²) < 4.78 is 5.30. The molecule has 1 heterocycles. The quantitative estimate of drug-likeness (QED) is 0.669. The molecule has 0 aromatic heterocycles. The summed E-state index contributed by atoms with van der Waals surface area (Å²) in [7, 11) is 0. The first-order valence-electron chi connectivity index (χ1n) is 5.91. The van der Waals surface area contributed by atoms with Crippen LogP contribution in [-0.2, 0) is 9.53 Å². The van der Waals surface area contributed by atoms with E-state index in [0.717, 1.165) is 6.42 Å². The second kappa shape index (κ2) is 4.89. The van der Waals surface area contributed by atoms with Crippen LogP contribution in [0, 0.1) is 11.8 Å². The topological polar surface area (TPSA) is 66.8 Å². The van der Waals surface area contributed by atoms with Crippen molar-refractivity contribution in [3.8, 4) is 11.8 Å². The number of aliphatic carboxylic acids is 1. The van der Waals surface area contributed by atoms with Gasteiger partial charge in [-0.2, -0.15) is 0 Å². The maximum Gasteiger partial charge on any atom is 0.411 e. The standard InChI is InChI=1S/C13H19NO4/c1-12(2,3)18-11(17)14-9-5-7-13(14,4)8-6-10(15)16/h5,7,9H2,1-4H3,(H,15,16)/t13-/m1/s1. The number of rotatable bonds is 0. The van der Waals surface area contributed by atoms with Gasteiger partial charge in [-0.3, -0.25) is 4.90 Å². The summed E-state index contributed by atoms with van der Waals surface area (Å²) in [5.41, 5.74) is -1.32. The van der Waals surface area contributed by atoms with Gasteiger partial charge in [0.1, 0.15) is 11.1 Å². The van der Waals surface area contributed by atoms with E-state index in [4.69, 9.17) is 9.84 Å². The Kier molecular flexibility index (Phi) is 3.90. The lowest BCUT2D eigenvalue weighted by molar-refractivity contribution is -0.130. The minimum atomic E-state index is -1.19. The van der Waals surface area contributed by atoms with E-state index in [1.165, 1.54) is 4.90 Å². The van der Waals surface area contributed by atoms with Crippen LogP contribution in [0.5, 0.6) is 0 Å². The van der Waals surface area contributed by atoms with Crippen LogP contribution in [0.25, 0.3) is 0 Å². The second-order valence-electron chi connectivity index (χ2n) is 5.56. The van der Waals surface area contributed by atoms with Crippen molar-refractivity contribution in [2.45, 2.75) is 51.7 Å². The summed E-state index contributed by atoms with van der Waals surface area (Å²) in [6.07, 6.45) is 1.01. The maximum atomic E-state index is 12.0. The van der Waals surface area contributed by atoms with Gasteiger partial charge in [0.15, 0.2) is 0 Å². The number of carboxylic acids is 1. The van der Waals surface area contributed by atoms with Crippen molar-refractivity contribution in [1.29, 1.82) is 0 Å². The molecule has 1 rings (SSSR count). The Hall–Kier alpha value is -1.70. The third-order valence-corrected chi connectivity index (χ3v) is 2.69. The first-order chi connectivity index (χ1) is 8.14. The van der Waals surface area contributed by atoms with E-state index in [0.29, 0.717) is 13.0 Å². The highest BCUT2D eigenvalue weighted by Gasteiger charge is 2.40. The fourth-order valence-electron chi connectivity index (χ4n) is 1.89. The molecule has 1 amide bonds. The lowest BCUT2D eigenvalue weighted by Crippen LogP contribution is -2.46. The predicted molar refractivity (Wildman–Crippen MR) is 66.0 cm³/mol. The monoisotopic (exact) mass is 253 g/mol. The SMILES string of the molecule is CC(C)(C)OC(=O)N1CCC[C@]1(C)C#CC(=O)O. The van der Waals surface area contributed by atoms with Crippen LogP contribution in [0.3, 0.4) is 0 Å². The third kappa shape index (κ3) is 3.66. The van der Waals surface area contributed by atoms with Crippen molar-refractivity contribution < 1.29 is 19.4 Å². The molecule has 0 unspecified atom stereocenters. The Bertz CT molecular complexity index is 413. The van der Waals surface area contributed by atoms with Gasteiger partial charge in [-0.1, -0.05) is 5.92 Å². The Morgan fingerprint density at radius 1 is 1.39 bits per heavy atom. The first kappa shape index (κ1) is 14.4. The van der Waals surface area contributed by atoms with Gasteiger partial charge in [-0.25, -0.2) is 9.59 Å². The molecule has 100 valence electrons. The zero-order chi connectivity index (χ0) is 14.0. The van der Waals surface area contributed by atoms with Crippen molar-refractivity contribution in [2.24, 2.45) is 0 Å². The van der Waals surface area contributed by atoms with Gasteiger partial charge in [0.05, 0.1) is 0 Å². The smallest absolute Gasteiger partial charge is 0.411 e. The third-order valence-electron chi connectivity index (χ3n) is 2.69. The highest BCUT2D eigenvalue weighted by Crippen LogP contribution is 2.29. The van der Waals surface area contributed by atoms with E-state index in [9.17, 15) is 9.59 Å². The van der Waals surface area contributed by atoms with E-state index in [1.54, 1.807) is 27.7 Å². The molecule has 1 aliphatic heterocycles. The van der Waals surface area contributed by atoms with Crippen LogP contribution >= 0.6 is 0 Å². The summed E-state index contributed by atoms with van der Waals surface area (Å²) >= 11 is 0. The fraction of sp³-hybridized carbons (Fsp3) is 0.692. The van der Waals surface area contributed by atoms with Crippen LogP contribution in [0.15, 0.2) is 0 Å². The van der Waals surface area contributed by atoms with Gasteiger partial charge >= 0.3 is 12.1 Å². The number of hydrogen-bond donors (Lipinski definition) is 1. The van der Waals surface area contributed by atoms with E-state index in [2.05, 4.69) is 11.8 Å². The summed E-state index contributed by atoms with van der Waals surface area (Å²) in [5, 5.41) is 8.59.